The maximum atomic E-state index is 5.72. The summed E-state index contributed by atoms with van der Waals surface area (Å²) in [6, 6.07) is 5.58. The molecule has 0 amide bonds. The van der Waals surface area contributed by atoms with E-state index in [-0.39, 0.29) is 5.92 Å². The molecule has 5 nitrogen and oxygen atoms in total. The van der Waals surface area contributed by atoms with Gasteiger partial charge in [-0.3, -0.25) is 0 Å². The Morgan fingerprint density at radius 3 is 2.84 bits per heavy atom. The molecule has 0 aliphatic rings. The predicted molar refractivity (Wildman–Crippen MR) is 75.4 cm³/mol. The number of nitrogens with two attached hydrogens (primary N) is 1. The largest absolute Gasteiger partial charge is 0.496 e. The summed E-state index contributed by atoms with van der Waals surface area (Å²) in [6.07, 6.45) is 0. The summed E-state index contributed by atoms with van der Waals surface area (Å²) in [5, 5.41) is 3.93. The van der Waals surface area contributed by atoms with E-state index < -0.39 is 0 Å². The van der Waals surface area contributed by atoms with Crippen LogP contribution in [-0.2, 0) is 5.75 Å². The highest BCUT2D eigenvalue weighted by Gasteiger charge is 2.11. The van der Waals surface area contributed by atoms with Crippen molar-refractivity contribution in [1.29, 1.82) is 0 Å². The van der Waals surface area contributed by atoms with Gasteiger partial charge < -0.3 is 15.0 Å². The first-order valence-electron chi connectivity index (χ1n) is 5.99. The molecule has 0 aliphatic carbocycles. The van der Waals surface area contributed by atoms with Crippen molar-refractivity contribution >= 4 is 17.4 Å². The Labute approximate surface area is 116 Å². The van der Waals surface area contributed by atoms with E-state index in [9.17, 15) is 0 Å². The average molecular weight is 279 g/mol. The number of thioether (sulfide) groups is 1. The van der Waals surface area contributed by atoms with Crippen LogP contribution in [0, 0.1) is 0 Å². The number of methoxy groups -OCH3 is 1. The van der Waals surface area contributed by atoms with Gasteiger partial charge in [-0.15, -0.1) is 11.8 Å². The molecule has 2 rings (SSSR count). The molecule has 1 aromatic heterocycles. The number of aromatic nitrogens is 2. The lowest BCUT2D eigenvalue weighted by atomic mass is 10.2. The van der Waals surface area contributed by atoms with Gasteiger partial charge in [0.2, 0.25) is 5.89 Å². The summed E-state index contributed by atoms with van der Waals surface area (Å²) < 4.78 is 10.5. The van der Waals surface area contributed by atoms with Crippen LogP contribution in [-0.4, -0.2) is 17.3 Å². The zero-order valence-corrected chi connectivity index (χ0v) is 12.0. The second kappa shape index (κ2) is 5.97. The monoisotopic (exact) mass is 279 g/mol. The first-order chi connectivity index (χ1) is 9.10. The van der Waals surface area contributed by atoms with Crippen LogP contribution in [0.1, 0.15) is 31.5 Å². The molecule has 0 unspecified atom stereocenters. The summed E-state index contributed by atoms with van der Waals surface area (Å²) in [5.41, 5.74) is 6.40. The number of rotatable bonds is 5. The zero-order valence-electron chi connectivity index (χ0n) is 11.2. The number of benzene rings is 1. The normalized spacial score (nSPS) is 10.9. The van der Waals surface area contributed by atoms with Gasteiger partial charge in [0.25, 0.3) is 0 Å². The van der Waals surface area contributed by atoms with Gasteiger partial charge in [0, 0.05) is 22.6 Å². The van der Waals surface area contributed by atoms with E-state index in [0.29, 0.717) is 17.3 Å². The van der Waals surface area contributed by atoms with Gasteiger partial charge in [0.1, 0.15) is 5.75 Å². The van der Waals surface area contributed by atoms with Crippen molar-refractivity contribution in [2.24, 2.45) is 0 Å². The molecule has 0 aliphatic heterocycles. The maximum absolute atomic E-state index is 5.72. The molecule has 1 aromatic carbocycles. The van der Waals surface area contributed by atoms with Crippen LogP contribution in [0.25, 0.3) is 0 Å². The number of anilines is 1. The molecule has 0 saturated carbocycles. The van der Waals surface area contributed by atoms with E-state index >= 15 is 0 Å². The standard InChI is InChI=1S/C13H17N3O2S/c1-8(2)13-15-12(18-16-13)7-19-11-5-4-9(14)6-10(11)17-3/h4-6,8H,7,14H2,1-3H3. The van der Waals surface area contributed by atoms with Crippen molar-refractivity contribution in [2.75, 3.05) is 12.8 Å². The lowest BCUT2D eigenvalue weighted by Gasteiger charge is -2.07. The van der Waals surface area contributed by atoms with Crippen molar-refractivity contribution in [1.82, 2.24) is 10.1 Å². The topological polar surface area (TPSA) is 74.2 Å². The lowest BCUT2D eigenvalue weighted by Crippen LogP contribution is -1.92. The second-order valence-corrected chi connectivity index (χ2v) is 5.42. The minimum Gasteiger partial charge on any atom is -0.496 e. The molecule has 6 heteroatoms. The number of nitrogen functional groups attached to an aromatic ring is 1. The first kappa shape index (κ1) is 13.7. The summed E-state index contributed by atoms with van der Waals surface area (Å²) in [7, 11) is 1.63. The third-order valence-corrected chi connectivity index (χ3v) is 3.58. The summed E-state index contributed by atoms with van der Waals surface area (Å²) in [4.78, 5) is 5.33. The van der Waals surface area contributed by atoms with Crippen molar-refractivity contribution in [3.05, 3.63) is 29.9 Å². The fraction of sp³-hybridized carbons (Fsp3) is 0.385. The van der Waals surface area contributed by atoms with Crippen molar-refractivity contribution in [2.45, 2.75) is 30.4 Å². The quantitative estimate of drug-likeness (QED) is 0.669. The molecular formula is C13H17N3O2S. The van der Waals surface area contributed by atoms with E-state index in [1.54, 1.807) is 24.9 Å². The highest BCUT2D eigenvalue weighted by Crippen LogP contribution is 2.32. The smallest absolute Gasteiger partial charge is 0.237 e. The number of hydrogen-bond donors (Lipinski definition) is 1. The van der Waals surface area contributed by atoms with Crippen LogP contribution in [0.4, 0.5) is 5.69 Å². The highest BCUT2D eigenvalue weighted by molar-refractivity contribution is 7.98. The van der Waals surface area contributed by atoms with Crippen LogP contribution >= 0.6 is 11.8 Å². The molecule has 0 radical (unpaired) electrons. The number of hydrogen-bond acceptors (Lipinski definition) is 6. The zero-order chi connectivity index (χ0) is 13.8. The number of ether oxygens (including phenoxy) is 1. The fourth-order valence-electron chi connectivity index (χ4n) is 1.50. The average Bonchev–Trinajstić information content (AvgIpc) is 2.86. The number of nitrogens with zero attached hydrogens (tertiary/aromatic N) is 2. The molecule has 2 N–H and O–H groups in total. The van der Waals surface area contributed by atoms with Gasteiger partial charge in [-0.25, -0.2) is 0 Å². The van der Waals surface area contributed by atoms with Crippen molar-refractivity contribution in [3.8, 4) is 5.75 Å². The fourth-order valence-corrected chi connectivity index (χ4v) is 2.35. The van der Waals surface area contributed by atoms with Crippen molar-refractivity contribution < 1.29 is 9.26 Å². The van der Waals surface area contributed by atoms with Gasteiger partial charge in [0.15, 0.2) is 5.82 Å². The molecule has 0 saturated heterocycles. The lowest BCUT2D eigenvalue weighted by molar-refractivity contribution is 0.382. The van der Waals surface area contributed by atoms with Crippen LogP contribution < -0.4 is 10.5 Å². The molecular weight excluding hydrogens is 262 g/mol. The van der Waals surface area contributed by atoms with Crippen LogP contribution in [0.2, 0.25) is 0 Å². The molecule has 1 heterocycles. The Hall–Kier alpha value is -1.69. The van der Waals surface area contributed by atoms with Gasteiger partial charge in [-0.1, -0.05) is 19.0 Å². The minimum atomic E-state index is 0.272. The van der Waals surface area contributed by atoms with Crippen LogP contribution in [0.15, 0.2) is 27.6 Å². The van der Waals surface area contributed by atoms with Crippen LogP contribution in [0.5, 0.6) is 5.75 Å². The Balaban J connectivity index is 2.05. The van der Waals surface area contributed by atoms with E-state index in [2.05, 4.69) is 10.1 Å². The van der Waals surface area contributed by atoms with Gasteiger partial charge in [-0.2, -0.15) is 4.98 Å². The Kier molecular flexibility index (Phi) is 4.31. The molecule has 0 bridgehead atoms. The molecule has 2 aromatic rings. The van der Waals surface area contributed by atoms with Gasteiger partial charge >= 0.3 is 0 Å². The maximum Gasteiger partial charge on any atom is 0.237 e. The first-order valence-corrected chi connectivity index (χ1v) is 6.97. The minimum absolute atomic E-state index is 0.272. The SMILES string of the molecule is COc1cc(N)ccc1SCc1nc(C(C)C)no1. The molecule has 19 heavy (non-hydrogen) atoms. The molecule has 102 valence electrons. The highest BCUT2D eigenvalue weighted by atomic mass is 32.2. The van der Waals surface area contributed by atoms with E-state index in [1.165, 1.54) is 0 Å². The summed E-state index contributed by atoms with van der Waals surface area (Å²) in [6.45, 7) is 4.07. The third kappa shape index (κ3) is 3.41. The van der Waals surface area contributed by atoms with E-state index in [1.807, 2.05) is 26.0 Å². The predicted octanol–water partition coefficient (Wildman–Crippen LogP) is 3.08. The molecule has 0 fully saturated rings. The molecule has 0 spiro atoms. The van der Waals surface area contributed by atoms with Gasteiger partial charge in [-0.05, 0) is 12.1 Å². The van der Waals surface area contributed by atoms with E-state index in [4.69, 9.17) is 15.0 Å². The third-order valence-electron chi connectivity index (χ3n) is 2.54. The van der Waals surface area contributed by atoms with Crippen LogP contribution in [0.3, 0.4) is 0 Å². The molecule has 0 atom stereocenters. The second-order valence-electron chi connectivity index (χ2n) is 4.40. The summed E-state index contributed by atoms with van der Waals surface area (Å²) >= 11 is 1.58. The van der Waals surface area contributed by atoms with Crippen molar-refractivity contribution in [3.63, 3.8) is 0 Å². The Morgan fingerprint density at radius 2 is 2.21 bits per heavy atom. The summed E-state index contributed by atoms with van der Waals surface area (Å²) in [5.74, 6) is 3.00. The van der Waals surface area contributed by atoms with E-state index in [0.717, 1.165) is 16.5 Å². The van der Waals surface area contributed by atoms with Gasteiger partial charge in [0.05, 0.1) is 12.9 Å². The Morgan fingerprint density at radius 1 is 1.42 bits per heavy atom. The Bertz CT molecular complexity index is 555.